The first-order chi connectivity index (χ1) is 7.26. The van der Waals surface area contributed by atoms with E-state index in [2.05, 4.69) is 17.6 Å². The molecule has 0 heterocycles. The van der Waals surface area contributed by atoms with Gasteiger partial charge in [0.2, 0.25) is 0 Å². The van der Waals surface area contributed by atoms with Gasteiger partial charge in [-0.15, -0.1) is 12.8 Å². The number of hydrogen-bond acceptors (Lipinski definition) is 2. The molecular weight excluding hydrogens is 188 g/mol. The standard InChI is InChI=1S/C9H10O.C2H6O.C2H2/c1-2-9(10)8-6-4-3-5-7-8;1-3-2;1-2/h3-7H,2H2,1H3;1-2H3;1-2H. The molecule has 0 aliphatic rings. The molecule has 1 aromatic rings. The van der Waals surface area contributed by atoms with E-state index in [1.54, 1.807) is 14.2 Å². The van der Waals surface area contributed by atoms with E-state index in [0.717, 1.165) is 5.56 Å². The van der Waals surface area contributed by atoms with Gasteiger partial charge in [0.05, 0.1) is 0 Å². The second-order valence-corrected chi connectivity index (χ2v) is 2.55. The number of terminal acetylenes is 1. The van der Waals surface area contributed by atoms with Crippen molar-refractivity contribution < 1.29 is 9.53 Å². The lowest BCUT2D eigenvalue weighted by Crippen LogP contribution is -1.94. The van der Waals surface area contributed by atoms with Gasteiger partial charge in [-0.3, -0.25) is 4.79 Å². The van der Waals surface area contributed by atoms with Crippen LogP contribution in [0.3, 0.4) is 0 Å². The Morgan fingerprint density at radius 3 is 1.93 bits per heavy atom. The third-order valence-corrected chi connectivity index (χ3v) is 1.42. The second kappa shape index (κ2) is 12.4. The molecule has 0 bridgehead atoms. The SMILES string of the molecule is C#C.CCC(=O)c1ccccc1.COC. The van der Waals surface area contributed by atoms with Crippen LogP contribution >= 0.6 is 0 Å². The zero-order valence-electron chi connectivity index (χ0n) is 9.57. The summed E-state index contributed by atoms with van der Waals surface area (Å²) in [7, 11) is 3.25. The van der Waals surface area contributed by atoms with E-state index in [1.807, 2.05) is 37.3 Å². The molecule has 0 saturated heterocycles. The molecule has 1 rings (SSSR count). The van der Waals surface area contributed by atoms with Crippen LogP contribution in [0.15, 0.2) is 30.3 Å². The summed E-state index contributed by atoms with van der Waals surface area (Å²) in [6.45, 7) is 1.87. The number of benzene rings is 1. The van der Waals surface area contributed by atoms with Crippen LogP contribution in [0.5, 0.6) is 0 Å². The molecule has 0 fully saturated rings. The van der Waals surface area contributed by atoms with Gasteiger partial charge >= 0.3 is 0 Å². The van der Waals surface area contributed by atoms with Gasteiger partial charge in [-0.2, -0.15) is 0 Å². The number of methoxy groups -OCH3 is 1. The highest BCUT2D eigenvalue weighted by molar-refractivity contribution is 5.95. The van der Waals surface area contributed by atoms with E-state index in [0.29, 0.717) is 6.42 Å². The first-order valence-corrected chi connectivity index (χ1v) is 4.58. The van der Waals surface area contributed by atoms with Crippen LogP contribution in [-0.2, 0) is 4.74 Å². The van der Waals surface area contributed by atoms with Crippen LogP contribution in [0.1, 0.15) is 23.7 Å². The predicted octanol–water partition coefficient (Wildman–Crippen LogP) is 2.79. The normalized spacial score (nSPS) is 7.53. The Labute approximate surface area is 92.3 Å². The molecule has 15 heavy (non-hydrogen) atoms. The van der Waals surface area contributed by atoms with E-state index >= 15 is 0 Å². The summed E-state index contributed by atoms with van der Waals surface area (Å²) >= 11 is 0. The zero-order chi connectivity index (χ0) is 12.1. The molecule has 0 amide bonds. The largest absolute Gasteiger partial charge is 0.388 e. The van der Waals surface area contributed by atoms with Crippen molar-refractivity contribution >= 4 is 5.78 Å². The quantitative estimate of drug-likeness (QED) is 0.549. The molecule has 0 aliphatic heterocycles. The Bertz CT molecular complexity index is 262. The number of rotatable bonds is 2. The Hall–Kier alpha value is -1.59. The summed E-state index contributed by atoms with van der Waals surface area (Å²) in [6.07, 6.45) is 8.59. The number of carbonyl (C=O) groups is 1. The number of ether oxygens (including phenoxy) is 1. The van der Waals surface area contributed by atoms with Crippen LogP contribution in [0.4, 0.5) is 0 Å². The molecule has 1 aromatic carbocycles. The lowest BCUT2D eigenvalue weighted by Gasteiger charge is -1.93. The van der Waals surface area contributed by atoms with E-state index in [4.69, 9.17) is 0 Å². The summed E-state index contributed by atoms with van der Waals surface area (Å²) in [5.41, 5.74) is 0.810. The maximum atomic E-state index is 11.0. The molecule has 0 spiro atoms. The third-order valence-electron chi connectivity index (χ3n) is 1.42. The van der Waals surface area contributed by atoms with Gasteiger partial charge in [-0.25, -0.2) is 0 Å². The highest BCUT2D eigenvalue weighted by Crippen LogP contribution is 2.01. The zero-order valence-corrected chi connectivity index (χ0v) is 9.57. The maximum Gasteiger partial charge on any atom is 0.162 e. The molecule has 2 heteroatoms. The first-order valence-electron chi connectivity index (χ1n) is 4.58. The van der Waals surface area contributed by atoms with E-state index in [-0.39, 0.29) is 5.78 Å². The number of carbonyl (C=O) groups excluding carboxylic acids is 1. The highest BCUT2D eigenvalue weighted by atomic mass is 16.4. The summed E-state index contributed by atoms with van der Waals surface area (Å²) in [4.78, 5) is 11.0. The molecular formula is C13H18O2. The van der Waals surface area contributed by atoms with Gasteiger partial charge < -0.3 is 4.74 Å². The van der Waals surface area contributed by atoms with Gasteiger partial charge in [0.1, 0.15) is 0 Å². The van der Waals surface area contributed by atoms with Crippen molar-refractivity contribution in [1.82, 2.24) is 0 Å². The topological polar surface area (TPSA) is 26.3 Å². The smallest absolute Gasteiger partial charge is 0.162 e. The minimum Gasteiger partial charge on any atom is -0.388 e. The third kappa shape index (κ3) is 8.73. The van der Waals surface area contributed by atoms with Crippen LogP contribution in [0.2, 0.25) is 0 Å². The lowest BCUT2D eigenvalue weighted by atomic mass is 10.1. The summed E-state index contributed by atoms with van der Waals surface area (Å²) in [5.74, 6) is 0.209. The molecule has 0 aromatic heterocycles. The summed E-state index contributed by atoms with van der Waals surface area (Å²) < 4.78 is 4.25. The summed E-state index contributed by atoms with van der Waals surface area (Å²) in [5, 5.41) is 0. The van der Waals surface area contributed by atoms with Crippen molar-refractivity contribution in [3.05, 3.63) is 35.9 Å². The number of ketones is 1. The van der Waals surface area contributed by atoms with Crippen LogP contribution in [0.25, 0.3) is 0 Å². The van der Waals surface area contributed by atoms with Crippen molar-refractivity contribution in [3.8, 4) is 12.8 Å². The fourth-order valence-electron chi connectivity index (χ4n) is 0.828. The maximum absolute atomic E-state index is 11.0. The van der Waals surface area contributed by atoms with Crippen LogP contribution in [-0.4, -0.2) is 20.0 Å². The average Bonchev–Trinajstić information content (AvgIpc) is 2.33. The van der Waals surface area contributed by atoms with Gasteiger partial charge in [0.25, 0.3) is 0 Å². The van der Waals surface area contributed by atoms with Crippen LogP contribution in [0, 0.1) is 12.8 Å². The molecule has 0 atom stereocenters. The summed E-state index contributed by atoms with van der Waals surface area (Å²) in [6, 6.07) is 9.34. The van der Waals surface area contributed by atoms with Crippen LogP contribution < -0.4 is 0 Å². The monoisotopic (exact) mass is 206 g/mol. The predicted molar refractivity (Wildman–Crippen MR) is 63.9 cm³/mol. The Morgan fingerprint density at radius 1 is 1.20 bits per heavy atom. The van der Waals surface area contributed by atoms with Gasteiger partial charge in [0.15, 0.2) is 5.78 Å². The van der Waals surface area contributed by atoms with E-state index in [1.165, 1.54) is 0 Å². The molecule has 0 unspecified atom stereocenters. The van der Waals surface area contributed by atoms with Crippen molar-refractivity contribution in [2.45, 2.75) is 13.3 Å². The minimum atomic E-state index is 0.209. The number of hydrogen-bond donors (Lipinski definition) is 0. The van der Waals surface area contributed by atoms with E-state index < -0.39 is 0 Å². The molecule has 0 N–H and O–H groups in total. The Balaban J connectivity index is 0. The average molecular weight is 206 g/mol. The molecule has 0 saturated carbocycles. The molecule has 0 aliphatic carbocycles. The Kier molecular flexibility index (Phi) is 13.1. The highest BCUT2D eigenvalue weighted by Gasteiger charge is 1.98. The van der Waals surface area contributed by atoms with Crippen molar-refractivity contribution in [3.63, 3.8) is 0 Å². The number of Topliss-reactive ketones (excluding diaryl/α,β-unsaturated/α-hetero) is 1. The van der Waals surface area contributed by atoms with E-state index in [9.17, 15) is 4.79 Å². The molecule has 0 radical (unpaired) electrons. The van der Waals surface area contributed by atoms with Crippen molar-refractivity contribution in [2.75, 3.05) is 14.2 Å². The molecule has 82 valence electrons. The van der Waals surface area contributed by atoms with Crippen molar-refractivity contribution in [2.24, 2.45) is 0 Å². The first kappa shape index (κ1) is 15.9. The van der Waals surface area contributed by atoms with Gasteiger partial charge in [0, 0.05) is 26.2 Å². The van der Waals surface area contributed by atoms with Gasteiger partial charge in [-0.1, -0.05) is 37.3 Å². The van der Waals surface area contributed by atoms with Gasteiger partial charge in [-0.05, 0) is 0 Å². The second-order valence-electron chi connectivity index (χ2n) is 2.55. The Morgan fingerprint density at radius 2 is 1.60 bits per heavy atom. The fraction of sp³-hybridized carbons (Fsp3) is 0.308. The van der Waals surface area contributed by atoms with Crippen molar-refractivity contribution in [1.29, 1.82) is 0 Å². The minimum absolute atomic E-state index is 0.209. The molecule has 2 nitrogen and oxygen atoms in total. The lowest BCUT2D eigenvalue weighted by molar-refractivity contribution is 0.0988. The fourth-order valence-corrected chi connectivity index (χ4v) is 0.828.